The Morgan fingerprint density at radius 1 is 1.05 bits per heavy atom. The Labute approximate surface area is 114 Å². The molecule has 100 valence electrons. The molecule has 0 aliphatic carbocycles. The van der Waals surface area contributed by atoms with Crippen molar-refractivity contribution in [2.75, 3.05) is 0 Å². The van der Waals surface area contributed by atoms with E-state index in [4.69, 9.17) is 5.73 Å². The van der Waals surface area contributed by atoms with Crippen molar-refractivity contribution < 1.29 is 4.39 Å². The minimum Gasteiger partial charge on any atom is -0.321 e. The third kappa shape index (κ3) is 3.42. The van der Waals surface area contributed by atoms with Crippen LogP contribution in [-0.2, 0) is 18.4 Å². The fourth-order valence-electron chi connectivity index (χ4n) is 2.32. The molecule has 1 nitrogen and oxygen atoms in total. The van der Waals surface area contributed by atoms with E-state index in [-0.39, 0.29) is 5.82 Å². The molecule has 0 saturated carbocycles. The van der Waals surface area contributed by atoms with Crippen molar-refractivity contribution in [3.8, 4) is 0 Å². The maximum Gasteiger partial charge on any atom is 0.123 e. The highest BCUT2D eigenvalue weighted by molar-refractivity contribution is 5.31. The van der Waals surface area contributed by atoms with Gasteiger partial charge in [0.05, 0.1) is 0 Å². The van der Waals surface area contributed by atoms with Gasteiger partial charge in [-0.15, -0.1) is 0 Å². The van der Waals surface area contributed by atoms with Crippen LogP contribution in [0.2, 0.25) is 0 Å². The van der Waals surface area contributed by atoms with Gasteiger partial charge < -0.3 is 5.73 Å². The van der Waals surface area contributed by atoms with Crippen LogP contribution in [0.4, 0.5) is 4.39 Å². The zero-order chi connectivity index (χ0) is 13.9. The maximum absolute atomic E-state index is 13.2. The summed E-state index contributed by atoms with van der Waals surface area (Å²) in [5.41, 5.74) is 9.22. The molecular weight excluding hydrogens is 237 g/mol. The van der Waals surface area contributed by atoms with Gasteiger partial charge in [0.25, 0.3) is 0 Å². The molecule has 0 amide bonds. The predicted molar refractivity (Wildman–Crippen MR) is 77.5 cm³/mol. The summed E-state index contributed by atoms with van der Waals surface area (Å²) in [5.74, 6) is -0.212. The van der Waals surface area contributed by atoms with Crippen LogP contribution in [0.3, 0.4) is 0 Å². The predicted octanol–water partition coefficient (Wildman–Crippen LogP) is 3.80. The molecule has 0 aromatic heterocycles. The molecule has 0 fully saturated rings. The Hall–Kier alpha value is -1.67. The molecule has 2 N–H and O–H groups in total. The summed E-state index contributed by atoms with van der Waals surface area (Å²) in [5, 5.41) is 0. The molecule has 2 rings (SSSR count). The van der Waals surface area contributed by atoms with E-state index in [1.807, 2.05) is 25.1 Å². The minimum absolute atomic E-state index is 0.212. The summed E-state index contributed by atoms with van der Waals surface area (Å²) in [4.78, 5) is 0. The lowest BCUT2D eigenvalue weighted by Crippen LogP contribution is -2.35. The second-order valence-corrected chi connectivity index (χ2v) is 5.28. The molecule has 0 heterocycles. The van der Waals surface area contributed by atoms with Crippen LogP contribution >= 0.6 is 0 Å². The van der Waals surface area contributed by atoms with E-state index in [0.717, 1.165) is 17.5 Å². The number of hydrogen-bond donors (Lipinski definition) is 1. The molecule has 0 aliphatic heterocycles. The van der Waals surface area contributed by atoms with Crippen molar-refractivity contribution in [1.82, 2.24) is 0 Å². The number of benzene rings is 2. The molecule has 0 radical (unpaired) electrons. The summed E-state index contributed by atoms with van der Waals surface area (Å²) in [7, 11) is 0. The van der Waals surface area contributed by atoms with E-state index < -0.39 is 5.54 Å². The Balaban J connectivity index is 2.26. The highest BCUT2D eigenvalue weighted by atomic mass is 19.1. The first-order valence-electron chi connectivity index (χ1n) is 6.64. The molecule has 0 aliphatic rings. The van der Waals surface area contributed by atoms with E-state index in [9.17, 15) is 4.39 Å². The van der Waals surface area contributed by atoms with Gasteiger partial charge in [-0.05, 0) is 48.6 Å². The first-order chi connectivity index (χ1) is 9.01. The minimum atomic E-state index is -0.487. The van der Waals surface area contributed by atoms with Gasteiger partial charge in [-0.25, -0.2) is 4.39 Å². The number of aryl methyl sites for hydroxylation is 1. The second kappa shape index (κ2) is 5.54. The zero-order valence-electron chi connectivity index (χ0n) is 11.5. The van der Waals surface area contributed by atoms with Gasteiger partial charge in [0.1, 0.15) is 5.82 Å². The number of halogens is 1. The lowest BCUT2D eigenvalue weighted by atomic mass is 9.85. The van der Waals surface area contributed by atoms with Gasteiger partial charge >= 0.3 is 0 Å². The number of hydrogen-bond acceptors (Lipinski definition) is 1. The van der Waals surface area contributed by atoms with Gasteiger partial charge in [0.15, 0.2) is 0 Å². The van der Waals surface area contributed by atoms with Crippen molar-refractivity contribution in [3.05, 3.63) is 71.0 Å². The number of rotatable bonds is 4. The fraction of sp³-hybridized carbons (Fsp3) is 0.294. The molecule has 2 heteroatoms. The molecule has 1 atom stereocenters. The summed E-state index contributed by atoms with van der Waals surface area (Å²) in [6.07, 6.45) is 1.61. The van der Waals surface area contributed by atoms with Crippen LogP contribution in [0.25, 0.3) is 0 Å². The van der Waals surface area contributed by atoms with Crippen molar-refractivity contribution >= 4 is 0 Å². The van der Waals surface area contributed by atoms with E-state index >= 15 is 0 Å². The third-order valence-electron chi connectivity index (χ3n) is 3.46. The fourth-order valence-corrected chi connectivity index (χ4v) is 2.32. The molecule has 1 unspecified atom stereocenters. The van der Waals surface area contributed by atoms with Crippen molar-refractivity contribution in [2.24, 2.45) is 5.73 Å². The van der Waals surface area contributed by atoms with E-state index in [1.54, 1.807) is 12.1 Å². The van der Waals surface area contributed by atoms with Crippen LogP contribution < -0.4 is 5.73 Å². The Morgan fingerprint density at radius 3 is 2.42 bits per heavy atom. The Kier molecular flexibility index (Phi) is 4.01. The quantitative estimate of drug-likeness (QED) is 0.885. The van der Waals surface area contributed by atoms with Crippen LogP contribution in [-0.4, -0.2) is 0 Å². The van der Waals surface area contributed by atoms with Gasteiger partial charge in [-0.2, -0.15) is 0 Å². The lowest BCUT2D eigenvalue weighted by Gasteiger charge is -2.26. The van der Waals surface area contributed by atoms with Crippen LogP contribution in [0.15, 0.2) is 48.5 Å². The maximum atomic E-state index is 13.2. The van der Waals surface area contributed by atoms with Gasteiger partial charge in [-0.1, -0.05) is 43.3 Å². The average molecular weight is 257 g/mol. The first kappa shape index (κ1) is 13.8. The molecular formula is C17H20FN. The molecule has 2 aromatic carbocycles. The summed E-state index contributed by atoms with van der Waals surface area (Å²) in [6, 6.07) is 15.0. The SMILES string of the molecule is CCc1cccc(C(C)(N)Cc2cccc(F)c2)c1. The largest absolute Gasteiger partial charge is 0.321 e. The molecule has 0 bridgehead atoms. The Bertz CT molecular complexity index is 561. The summed E-state index contributed by atoms with van der Waals surface area (Å²) < 4.78 is 13.2. The summed E-state index contributed by atoms with van der Waals surface area (Å²) in [6.45, 7) is 4.12. The molecule has 0 spiro atoms. The van der Waals surface area contributed by atoms with Crippen LogP contribution in [0.1, 0.15) is 30.5 Å². The molecule has 19 heavy (non-hydrogen) atoms. The van der Waals surface area contributed by atoms with E-state index in [0.29, 0.717) is 6.42 Å². The molecule has 0 saturated heterocycles. The van der Waals surface area contributed by atoms with Gasteiger partial charge in [-0.3, -0.25) is 0 Å². The highest BCUT2D eigenvalue weighted by Gasteiger charge is 2.22. The highest BCUT2D eigenvalue weighted by Crippen LogP contribution is 2.24. The average Bonchev–Trinajstić information content (AvgIpc) is 2.38. The van der Waals surface area contributed by atoms with Crippen molar-refractivity contribution in [2.45, 2.75) is 32.2 Å². The van der Waals surface area contributed by atoms with E-state index in [2.05, 4.69) is 19.1 Å². The van der Waals surface area contributed by atoms with Crippen LogP contribution in [0.5, 0.6) is 0 Å². The van der Waals surface area contributed by atoms with Crippen molar-refractivity contribution in [3.63, 3.8) is 0 Å². The van der Waals surface area contributed by atoms with E-state index in [1.165, 1.54) is 11.6 Å². The van der Waals surface area contributed by atoms with Crippen LogP contribution in [0, 0.1) is 5.82 Å². The summed E-state index contributed by atoms with van der Waals surface area (Å²) >= 11 is 0. The third-order valence-corrected chi connectivity index (χ3v) is 3.46. The lowest BCUT2D eigenvalue weighted by molar-refractivity contribution is 0.489. The van der Waals surface area contributed by atoms with Crippen molar-refractivity contribution in [1.29, 1.82) is 0 Å². The van der Waals surface area contributed by atoms with Gasteiger partial charge in [0.2, 0.25) is 0 Å². The zero-order valence-corrected chi connectivity index (χ0v) is 11.5. The molecule has 2 aromatic rings. The van der Waals surface area contributed by atoms with Gasteiger partial charge in [0, 0.05) is 5.54 Å². The topological polar surface area (TPSA) is 26.0 Å². The number of nitrogens with two attached hydrogens (primary N) is 1. The Morgan fingerprint density at radius 2 is 1.74 bits per heavy atom. The second-order valence-electron chi connectivity index (χ2n) is 5.28. The normalized spacial score (nSPS) is 14.1. The monoisotopic (exact) mass is 257 g/mol. The smallest absolute Gasteiger partial charge is 0.123 e. The standard InChI is InChI=1S/C17H20FN/c1-3-13-6-4-8-15(10-13)17(2,19)12-14-7-5-9-16(18)11-14/h4-11H,3,12,19H2,1-2H3. The first-order valence-corrected chi connectivity index (χ1v) is 6.64.